The quantitative estimate of drug-likeness (QED) is 0.0311. The number of rotatable bonds is 27. The van der Waals surface area contributed by atoms with Crippen LogP contribution in [0.25, 0.3) is 16.7 Å². The number of allylic oxidation sites excluding steroid dienone is 6. The highest BCUT2D eigenvalue weighted by Gasteiger charge is 2.24. The first-order chi connectivity index (χ1) is 40.8. The van der Waals surface area contributed by atoms with Crippen LogP contribution in [0.1, 0.15) is 158 Å². The second kappa shape index (κ2) is 39.5. The summed E-state index contributed by atoms with van der Waals surface area (Å²) >= 11 is 0. The van der Waals surface area contributed by atoms with Crippen molar-refractivity contribution in [2.24, 2.45) is 14.1 Å². The summed E-state index contributed by atoms with van der Waals surface area (Å²) in [5, 5.41) is 27.9. The van der Waals surface area contributed by atoms with Crippen molar-refractivity contribution in [3.8, 4) is 23.0 Å². The van der Waals surface area contributed by atoms with Gasteiger partial charge in [-0.05, 0) is 192 Å². The zero-order chi connectivity index (χ0) is 60.8. The molecule has 0 saturated carbocycles. The summed E-state index contributed by atoms with van der Waals surface area (Å²) in [5.41, 5.74) is 12.3. The van der Waals surface area contributed by atoms with Crippen molar-refractivity contribution in [1.29, 1.82) is 0 Å². The maximum Gasteiger partial charge on any atom is 0.119 e. The number of benzene rings is 4. The lowest BCUT2D eigenvalue weighted by molar-refractivity contribution is 0.0282. The van der Waals surface area contributed by atoms with Gasteiger partial charge in [0.25, 0.3) is 0 Å². The van der Waals surface area contributed by atoms with E-state index in [1.54, 1.807) is 37.2 Å². The van der Waals surface area contributed by atoms with Crippen LogP contribution >= 0.6 is 0 Å². The Kier molecular flexibility index (Phi) is 32.3. The summed E-state index contributed by atoms with van der Waals surface area (Å²) in [7, 11) is 3.93. The van der Waals surface area contributed by atoms with Gasteiger partial charge < -0.3 is 48.6 Å². The fourth-order valence-corrected chi connectivity index (χ4v) is 9.18. The van der Waals surface area contributed by atoms with Crippen molar-refractivity contribution in [2.75, 3.05) is 26.4 Å². The van der Waals surface area contributed by atoms with E-state index in [0.29, 0.717) is 12.8 Å². The first-order valence-corrected chi connectivity index (χ1v) is 30.0. The van der Waals surface area contributed by atoms with Crippen molar-refractivity contribution < 1.29 is 29.5 Å². The molecule has 0 aliphatic heterocycles. The van der Waals surface area contributed by atoms with E-state index in [1.807, 2.05) is 86.3 Å². The molecule has 0 spiro atoms. The van der Waals surface area contributed by atoms with Crippen LogP contribution in [-0.2, 0) is 45.4 Å². The average molecular weight is 1150 g/mol. The maximum absolute atomic E-state index is 10.1. The van der Waals surface area contributed by atoms with E-state index >= 15 is 0 Å². The van der Waals surface area contributed by atoms with Crippen LogP contribution in [0.2, 0.25) is 0 Å². The number of nitrogens with one attached hydrogen (secondary N) is 2. The number of aromatic amines is 2. The van der Waals surface area contributed by atoms with E-state index in [0.717, 1.165) is 136 Å². The molecule has 0 bridgehead atoms. The molecule has 4 aromatic carbocycles. The SMILES string of the molecule is C/C=C(\CC)c1cccc(OCCCc2cn(C)cn2)c1.C/C=C(\CC)c1cccc(OCCCc2cnc[nH]2)c1.C/C=C(\CC)c1cccc(OCCCc2cnc[nH]2)c1.CCC(O)(CC)c1cccc(O)c1.Cn1cnc(CCCO)c1. The second-order valence-electron chi connectivity index (χ2n) is 20.3. The molecule has 14 heteroatoms. The van der Waals surface area contributed by atoms with E-state index in [4.69, 9.17) is 19.3 Å². The number of H-pyrrole nitrogens is 2. The van der Waals surface area contributed by atoms with Crippen molar-refractivity contribution in [3.05, 3.63) is 210 Å². The Hall–Kier alpha value is -7.94. The summed E-state index contributed by atoms with van der Waals surface area (Å²) in [6, 6.07) is 31.8. The molecule has 84 heavy (non-hydrogen) atoms. The lowest BCUT2D eigenvalue weighted by Gasteiger charge is -2.25. The Morgan fingerprint density at radius 3 is 1.25 bits per heavy atom. The third kappa shape index (κ3) is 25.3. The number of aromatic hydroxyl groups is 1. The number of aryl methyl sites for hydroxylation is 6. The topological polar surface area (TPSA) is 181 Å². The van der Waals surface area contributed by atoms with Gasteiger partial charge in [-0.25, -0.2) is 19.9 Å². The minimum Gasteiger partial charge on any atom is -0.508 e. The largest absolute Gasteiger partial charge is 0.508 e. The Labute approximate surface area is 501 Å². The number of aromatic nitrogens is 8. The van der Waals surface area contributed by atoms with Gasteiger partial charge in [0.2, 0.25) is 0 Å². The molecule has 4 aromatic heterocycles. The molecule has 8 rings (SSSR count). The zero-order valence-corrected chi connectivity index (χ0v) is 51.9. The summed E-state index contributed by atoms with van der Waals surface area (Å²) in [6.07, 6.45) is 33.2. The second-order valence-corrected chi connectivity index (χ2v) is 20.3. The van der Waals surface area contributed by atoms with E-state index in [-0.39, 0.29) is 12.4 Å². The number of aliphatic hydroxyl groups is 2. The highest BCUT2D eigenvalue weighted by molar-refractivity contribution is 5.67. The number of aliphatic hydroxyl groups excluding tert-OH is 1. The third-order valence-corrected chi connectivity index (χ3v) is 14.1. The van der Waals surface area contributed by atoms with Crippen molar-refractivity contribution >= 4 is 16.7 Å². The van der Waals surface area contributed by atoms with Gasteiger partial charge in [0.15, 0.2) is 0 Å². The van der Waals surface area contributed by atoms with Gasteiger partial charge in [0.05, 0.1) is 62.1 Å². The standard InChI is InChI=1S/C18H24N2O.2C17H22N2O.C11H16O2.C7H12N2O/c1-4-15(5-2)16-8-6-10-18(12-16)21-11-7-9-17-13-20(3)14-19-17;2*1-3-14(4-2)15-7-5-9-17(11-15)20-10-6-8-16-12-18-13-19-16;1-3-11(13,4-2)9-6-5-7-10(12)8-9;1-9-5-7(8-6-9)3-2-4-10/h4,6,8,10,12-14H,5,7,9,11H2,1-3H3;2*3,5,7,9,11-13H,4,6,8,10H2,1-2H3,(H,18,19);5-8,12-13H,3-4H2,1-2H3;5-6,10H,2-4H2,1H3/b15-4+;2*14-3+;;. The molecular formula is C70H96N8O6. The van der Waals surface area contributed by atoms with Crippen LogP contribution in [0.15, 0.2) is 165 Å². The molecular weight excluding hydrogens is 1050 g/mol. The number of phenolic OH excluding ortho intramolecular Hbond substituents is 1. The van der Waals surface area contributed by atoms with Crippen molar-refractivity contribution in [3.63, 3.8) is 0 Å². The average Bonchev–Trinajstić information content (AvgIpc) is 4.39. The van der Waals surface area contributed by atoms with E-state index in [9.17, 15) is 10.2 Å². The van der Waals surface area contributed by atoms with Crippen LogP contribution in [0.5, 0.6) is 23.0 Å². The highest BCUT2D eigenvalue weighted by Crippen LogP contribution is 2.30. The number of nitrogens with zero attached hydrogens (tertiary/aromatic N) is 6. The van der Waals surface area contributed by atoms with Gasteiger partial charge >= 0.3 is 0 Å². The molecule has 8 aromatic rings. The highest BCUT2D eigenvalue weighted by atomic mass is 16.5. The summed E-state index contributed by atoms with van der Waals surface area (Å²) in [5.74, 6) is 3.04. The minimum atomic E-state index is -0.793. The molecule has 0 aliphatic carbocycles. The van der Waals surface area contributed by atoms with Gasteiger partial charge in [-0.3, -0.25) is 0 Å². The van der Waals surface area contributed by atoms with Crippen molar-refractivity contribution in [2.45, 2.75) is 144 Å². The Morgan fingerprint density at radius 2 is 0.929 bits per heavy atom. The summed E-state index contributed by atoms with van der Waals surface area (Å²) in [6.45, 7) is 19.1. The first-order valence-electron chi connectivity index (χ1n) is 30.0. The fraction of sp³-hybridized carbons (Fsp3) is 0.400. The van der Waals surface area contributed by atoms with Gasteiger partial charge in [0.1, 0.15) is 23.0 Å². The van der Waals surface area contributed by atoms with Gasteiger partial charge in [-0.1, -0.05) is 101 Å². The lowest BCUT2D eigenvalue weighted by Crippen LogP contribution is -2.23. The van der Waals surface area contributed by atoms with Crippen LogP contribution in [-0.4, -0.2) is 80.8 Å². The van der Waals surface area contributed by atoms with Crippen LogP contribution in [0, 0.1) is 0 Å². The molecule has 452 valence electrons. The number of hydrogen-bond acceptors (Lipinski definition) is 10. The van der Waals surface area contributed by atoms with Crippen LogP contribution < -0.4 is 14.2 Å². The number of hydrogen-bond donors (Lipinski definition) is 5. The predicted molar refractivity (Wildman–Crippen MR) is 344 cm³/mol. The van der Waals surface area contributed by atoms with Gasteiger partial charge in [-0.2, -0.15) is 0 Å². The minimum absolute atomic E-state index is 0.206. The molecule has 5 N–H and O–H groups in total. The van der Waals surface area contributed by atoms with Crippen LogP contribution in [0.3, 0.4) is 0 Å². The summed E-state index contributed by atoms with van der Waals surface area (Å²) < 4.78 is 21.4. The number of phenols is 1. The maximum atomic E-state index is 10.1. The molecule has 0 saturated heterocycles. The van der Waals surface area contributed by atoms with Crippen molar-refractivity contribution in [1.82, 2.24) is 39.0 Å². The number of ether oxygens (including phenoxy) is 3. The number of imidazole rings is 4. The normalized spacial score (nSPS) is 11.5. The fourth-order valence-electron chi connectivity index (χ4n) is 9.18. The lowest BCUT2D eigenvalue weighted by atomic mass is 9.89. The molecule has 4 heterocycles. The van der Waals surface area contributed by atoms with E-state index < -0.39 is 5.60 Å². The molecule has 0 radical (unpaired) electrons. The molecule has 0 atom stereocenters. The smallest absolute Gasteiger partial charge is 0.119 e. The third-order valence-electron chi connectivity index (χ3n) is 14.1. The Balaban J connectivity index is 0.000000230. The molecule has 0 amide bonds. The molecule has 0 unspecified atom stereocenters. The zero-order valence-electron chi connectivity index (χ0n) is 51.9. The predicted octanol–water partition coefficient (Wildman–Crippen LogP) is 15.5. The molecule has 0 aliphatic rings. The Bertz CT molecular complexity index is 2990. The van der Waals surface area contributed by atoms with Gasteiger partial charge in [0, 0.05) is 56.9 Å². The van der Waals surface area contributed by atoms with E-state index in [1.165, 1.54) is 33.4 Å². The Morgan fingerprint density at radius 1 is 0.536 bits per heavy atom. The van der Waals surface area contributed by atoms with Gasteiger partial charge in [-0.15, -0.1) is 0 Å². The molecule has 0 fully saturated rings. The van der Waals surface area contributed by atoms with E-state index in [2.05, 4.69) is 150 Å². The summed E-state index contributed by atoms with van der Waals surface area (Å²) in [4.78, 5) is 22.6. The monoisotopic (exact) mass is 1140 g/mol. The molecule has 14 nitrogen and oxygen atoms in total. The first kappa shape index (κ1) is 68.6. The van der Waals surface area contributed by atoms with Crippen LogP contribution in [0.4, 0.5) is 0 Å².